The first kappa shape index (κ1) is 19.7. The quantitative estimate of drug-likeness (QED) is 0.779. The summed E-state index contributed by atoms with van der Waals surface area (Å²) >= 11 is 1.59. The van der Waals surface area contributed by atoms with Gasteiger partial charge in [0, 0.05) is 11.1 Å². The van der Waals surface area contributed by atoms with Gasteiger partial charge in [0.1, 0.15) is 12.1 Å². The van der Waals surface area contributed by atoms with E-state index in [0.717, 1.165) is 15.6 Å². The molecule has 0 fully saturated rings. The molecule has 0 saturated carbocycles. The third kappa shape index (κ3) is 5.46. The van der Waals surface area contributed by atoms with Gasteiger partial charge in [-0.2, -0.15) is 5.26 Å². The van der Waals surface area contributed by atoms with Gasteiger partial charge in [0.15, 0.2) is 0 Å². The van der Waals surface area contributed by atoms with Gasteiger partial charge in [0.05, 0.1) is 12.7 Å². The van der Waals surface area contributed by atoms with Gasteiger partial charge in [-0.1, -0.05) is 32.0 Å². The van der Waals surface area contributed by atoms with Crippen LogP contribution in [0.1, 0.15) is 26.3 Å². The smallest absolute Gasteiger partial charge is 0.407 e. The average molecular weight is 373 g/mol. The number of carbonyl (C=O) groups is 2. The van der Waals surface area contributed by atoms with Crippen LogP contribution in [-0.2, 0) is 16.0 Å². The number of nitrogens with zero attached hydrogens (tertiary/aromatic N) is 1. The minimum absolute atomic E-state index is 0.201. The van der Waals surface area contributed by atoms with E-state index in [0.29, 0.717) is 6.42 Å². The van der Waals surface area contributed by atoms with E-state index < -0.39 is 24.1 Å². The van der Waals surface area contributed by atoms with Crippen LogP contribution in [0.4, 0.5) is 4.79 Å². The Morgan fingerprint density at radius 3 is 2.65 bits per heavy atom. The van der Waals surface area contributed by atoms with Crippen molar-refractivity contribution in [2.24, 2.45) is 5.92 Å². The highest BCUT2D eigenvalue weighted by Crippen LogP contribution is 2.26. The van der Waals surface area contributed by atoms with Crippen molar-refractivity contribution >= 4 is 33.4 Å². The summed E-state index contributed by atoms with van der Waals surface area (Å²) in [5.41, 5.74) is 0.972. The van der Waals surface area contributed by atoms with Gasteiger partial charge in [-0.15, -0.1) is 11.3 Å². The molecule has 0 aliphatic heterocycles. The molecule has 0 spiro atoms. The lowest BCUT2D eigenvalue weighted by Crippen LogP contribution is -2.50. The van der Waals surface area contributed by atoms with Gasteiger partial charge >= 0.3 is 6.09 Å². The minimum atomic E-state index is -0.816. The number of alkyl carbamates (subject to hydrolysis) is 1. The van der Waals surface area contributed by atoms with Crippen molar-refractivity contribution in [3.8, 4) is 6.07 Å². The molecule has 1 aromatic carbocycles. The summed E-state index contributed by atoms with van der Waals surface area (Å²) in [7, 11) is 0. The van der Waals surface area contributed by atoms with Crippen molar-refractivity contribution < 1.29 is 14.3 Å². The summed E-state index contributed by atoms with van der Waals surface area (Å²) in [6.07, 6.45) is -0.312. The van der Waals surface area contributed by atoms with Crippen LogP contribution in [0.15, 0.2) is 29.6 Å². The van der Waals surface area contributed by atoms with E-state index in [4.69, 9.17) is 10.00 Å². The molecule has 2 rings (SSSR count). The van der Waals surface area contributed by atoms with E-state index in [1.807, 2.05) is 49.6 Å². The van der Waals surface area contributed by atoms with Crippen molar-refractivity contribution in [2.45, 2.75) is 39.3 Å². The summed E-state index contributed by atoms with van der Waals surface area (Å²) in [5.74, 6) is -0.205. The van der Waals surface area contributed by atoms with Gasteiger partial charge in [0.2, 0.25) is 5.91 Å². The summed E-state index contributed by atoms with van der Waals surface area (Å²) in [5, 5.41) is 17.2. The van der Waals surface area contributed by atoms with E-state index in [2.05, 4.69) is 10.6 Å². The molecule has 26 heavy (non-hydrogen) atoms. The lowest BCUT2D eigenvalue weighted by Gasteiger charge is -2.19. The van der Waals surface area contributed by atoms with E-state index in [-0.39, 0.29) is 12.5 Å². The van der Waals surface area contributed by atoms with Crippen LogP contribution in [0.3, 0.4) is 0 Å². The Bertz CT molecular complexity index is 810. The Morgan fingerprint density at radius 1 is 1.23 bits per heavy atom. The Morgan fingerprint density at radius 2 is 1.96 bits per heavy atom. The van der Waals surface area contributed by atoms with E-state index in [9.17, 15) is 9.59 Å². The number of fused-ring (bicyclic) bond motifs is 1. The second kappa shape index (κ2) is 9.20. The standard InChI is InChI=1S/C19H23N3O3S/c1-12(2)10-25-19(24)22-16(18(23)21-13(3)9-20)8-14-11-26-17-7-5-4-6-15(14)17/h4-7,11-13,16H,8,10H2,1-3H3,(H,21,23)(H,22,24). The second-order valence-electron chi connectivity index (χ2n) is 6.51. The Balaban J connectivity index is 2.15. The summed E-state index contributed by atoms with van der Waals surface area (Å²) in [4.78, 5) is 24.6. The van der Waals surface area contributed by atoms with Crippen molar-refractivity contribution in [3.63, 3.8) is 0 Å². The summed E-state index contributed by atoms with van der Waals surface area (Å²) in [6.45, 7) is 5.73. The van der Waals surface area contributed by atoms with Crippen LogP contribution in [0.25, 0.3) is 10.1 Å². The number of hydrogen-bond donors (Lipinski definition) is 2. The topological polar surface area (TPSA) is 91.2 Å². The Kier molecular flexibility index (Phi) is 6.98. The first-order valence-corrected chi connectivity index (χ1v) is 9.37. The minimum Gasteiger partial charge on any atom is -0.449 e. The molecule has 2 amide bonds. The van der Waals surface area contributed by atoms with Crippen LogP contribution >= 0.6 is 11.3 Å². The van der Waals surface area contributed by atoms with E-state index in [1.54, 1.807) is 18.3 Å². The molecule has 2 N–H and O–H groups in total. The van der Waals surface area contributed by atoms with E-state index >= 15 is 0 Å². The Hall–Kier alpha value is -2.59. The highest BCUT2D eigenvalue weighted by atomic mass is 32.1. The van der Waals surface area contributed by atoms with Crippen LogP contribution in [-0.4, -0.2) is 30.7 Å². The fraction of sp³-hybridized carbons (Fsp3) is 0.421. The zero-order valence-electron chi connectivity index (χ0n) is 15.1. The van der Waals surface area contributed by atoms with Gasteiger partial charge in [-0.3, -0.25) is 4.79 Å². The number of rotatable bonds is 7. The molecule has 0 aliphatic carbocycles. The number of nitrogens with one attached hydrogen (secondary N) is 2. The molecule has 1 heterocycles. The van der Waals surface area contributed by atoms with E-state index in [1.165, 1.54) is 0 Å². The second-order valence-corrected chi connectivity index (χ2v) is 7.42. The number of amides is 2. The zero-order valence-corrected chi connectivity index (χ0v) is 15.9. The van der Waals surface area contributed by atoms with Gasteiger partial charge < -0.3 is 15.4 Å². The lowest BCUT2D eigenvalue weighted by atomic mass is 10.0. The molecule has 7 heteroatoms. The van der Waals surface area contributed by atoms with Crippen molar-refractivity contribution in [2.75, 3.05) is 6.61 Å². The van der Waals surface area contributed by atoms with Crippen LogP contribution in [0, 0.1) is 17.2 Å². The Labute approximate surface area is 157 Å². The maximum atomic E-state index is 12.5. The number of nitriles is 1. The fourth-order valence-corrected chi connectivity index (χ4v) is 3.37. The van der Waals surface area contributed by atoms with Gasteiger partial charge in [-0.05, 0) is 35.2 Å². The molecule has 138 valence electrons. The van der Waals surface area contributed by atoms with Crippen LogP contribution in [0.2, 0.25) is 0 Å². The zero-order chi connectivity index (χ0) is 19.1. The third-order valence-electron chi connectivity index (χ3n) is 3.69. The van der Waals surface area contributed by atoms with Crippen molar-refractivity contribution in [1.29, 1.82) is 5.26 Å². The lowest BCUT2D eigenvalue weighted by molar-refractivity contribution is -0.123. The highest BCUT2D eigenvalue weighted by molar-refractivity contribution is 7.17. The number of hydrogen-bond acceptors (Lipinski definition) is 5. The third-order valence-corrected chi connectivity index (χ3v) is 4.71. The number of carbonyl (C=O) groups excluding carboxylic acids is 2. The predicted octanol–water partition coefficient (Wildman–Crippen LogP) is 3.22. The molecular formula is C19H23N3O3S. The number of thiophene rings is 1. The largest absolute Gasteiger partial charge is 0.449 e. The van der Waals surface area contributed by atoms with Crippen molar-refractivity contribution in [1.82, 2.24) is 10.6 Å². The molecule has 2 aromatic rings. The number of benzene rings is 1. The highest BCUT2D eigenvalue weighted by Gasteiger charge is 2.24. The van der Waals surface area contributed by atoms with Gasteiger partial charge in [0.25, 0.3) is 0 Å². The molecule has 6 nitrogen and oxygen atoms in total. The molecule has 0 saturated heterocycles. The fourth-order valence-electron chi connectivity index (χ4n) is 2.39. The molecular weight excluding hydrogens is 350 g/mol. The maximum Gasteiger partial charge on any atom is 0.407 e. The average Bonchev–Trinajstić information content (AvgIpc) is 3.02. The first-order chi connectivity index (χ1) is 12.4. The maximum absolute atomic E-state index is 12.5. The molecule has 2 unspecified atom stereocenters. The molecule has 0 bridgehead atoms. The van der Waals surface area contributed by atoms with Gasteiger partial charge in [-0.25, -0.2) is 4.79 Å². The van der Waals surface area contributed by atoms with Crippen molar-refractivity contribution in [3.05, 3.63) is 35.2 Å². The predicted molar refractivity (Wildman–Crippen MR) is 102 cm³/mol. The molecule has 1 aromatic heterocycles. The molecule has 2 atom stereocenters. The summed E-state index contributed by atoms with van der Waals surface area (Å²) < 4.78 is 6.25. The van der Waals surface area contributed by atoms with Crippen LogP contribution < -0.4 is 10.6 Å². The summed E-state index contributed by atoms with van der Waals surface area (Å²) in [6, 6.07) is 8.41. The monoisotopic (exact) mass is 373 g/mol. The first-order valence-electron chi connectivity index (χ1n) is 8.49. The SMILES string of the molecule is CC(C)COC(=O)NC(Cc1csc2ccccc12)C(=O)NC(C)C#N. The van der Waals surface area contributed by atoms with Crippen LogP contribution in [0.5, 0.6) is 0 Å². The molecule has 0 radical (unpaired) electrons. The number of ether oxygens (including phenoxy) is 1. The normalized spacial score (nSPS) is 13.0. The molecule has 0 aliphatic rings.